The van der Waals surface area contributed by atoms with Crippen LogP contribution >= 0.6 is 23.4 Å². The second-order valence-electron chi connectivity index (χ2n) is 7.18. The van der Waals surface area contributed by atoms with Crippen molar-refractivity contribution in [3.63, 3.8) is 0 Å². The van der Waals surface area contributed by atoms with Crippen LogP contribution in [0.5, 0.6) is 0 Å². The molecule has 1 aliphatic heterocycles. The van der Waals surface area contributed by atoms with Crippen molar-refractivity contribution in [1.29, 1.82) is 0 Å². The van der Waals surface area contributed by atoms with Gasteiger partial charge in [0.2, 0.25) is 0 Å². The van der Waals surface area contributed by atoms with Gasteiger partial charge in [-0.25, -0.2) is 9.97 Å². The third-order valence-electron chi connectivity index (χ3n) is 4.13. The Morgan fingerprint density at radius 2 is 2.00 bits per heavy atom. The number of aromatic nitrogens is 2. The maximum Gasteiger partial charge on any atom is 0.133 e. The van der Waals surface area contributed by atoms with E-state index in [9.17, 15) is 0 Å². The van der Waals surface area contributed by atoms with Crippen molar-refractivity contribution in [1.82, 2.24) is 14.9 Å². The van der Waals surface area contributed by atoms with Crippen molar-refractivity contribution in [3.8, 4) is 11.3 Å². The Kier molecular flexibility index (Phi) is 4.88. The molecular formula is C19H22ClN3S. The highest BCUT2D eigenvalue weighted by Crippen LogP contribution is 2.39. The first kappa shape index (κ1) is 17.3. The van der Waals surface area contributed by atoms with E-state index >= 15 is 0 Å². The molecular weight excluding hydrogens is 338 g/mol. The molecule has 1 atom stereocenters. The van der Waals surface area contributed by atoms with Gasteiger partial charge in [0, 0.05) is 24.4 Å². The largest absolute Gasteiger partial charge is 0.360 e. The number of nitrogens with zero attached hydrogens (tertiary/aromatic N) is 3. The van der Waals surface area contributed by atoms with Crippen LogP contribution in [0.2, 0.25) is 5.15 Å². The summed E-state index contributed by atoms with van der Waals surface area (Å²) in [6, 6.07) is 8.27. The van der Waals surface area contributed by atoms with Crippen molar-refractivity contribution in [3.05, 3.63) is 58.5 Å². The lowest BCUT2D eigenvalue weighted by Gasteiger charge is -2.35. The van der Waals surface area contributed by atoms with Crippen molar-refractivity contribution < 1.29 is 0 Å². The summed E-state index contributed by atoms with van der Waals surface area (Å²) in [5.74, 6) is 0. The van der Waals surface area contributed by atoms with Crippen LogP contribution in [0.1, 0.15) is 31.9 Å². The lowest BCUT2D eigenvalue weighted by molar-refractivity contribution is 0.220. The van der Waals surface area contributed by atoms with E-state index in [4.69, 9.17) is 11.6 Å². The van der Waals surface area contributed by atoms with Crippen LogP contribution in [0.25, 0.3) is 11.3 Å². The minimum Gasteiger partial charge on any atom is -0.360 e. The quantitative estimate of drug-likeness (QED) is 0.677. The maximum atomic E-state index is 5.97. The van der Waals surface area contributed by atoms with E-state index in [1.54, 1.807) is 6.07 Å². The summed E-state index contributed by atoms with van der Waals surface area (Å²) in [6.45, 7) is 9.95. The third-order valence-corrected chi connectivity index (χ3v) is 5.85. The van der Waals surface area contributed by atoms with Crippen LogP contribution < -0.4 is 0 Å². The molecule has 0 bridgehead atoms. The van der Waals surface area contributed by atoms with Gasteiger partial charge in [0.15, 0.2) is 0 Å². The fourth-order valence-corrected chi connectivity index (χ4v) is 4.13. The Morgan fingerprint density at radius 3 is 2.67 bits per heavy atom. The van der Waals surface area contributed by atoms with Gasteiger partial charge in [-0.15, -0.1) is 11.8 Å². The smallest absolute Gasteiger partial charge is 0.133 e. The summed E-state index contributed by atoms with van der Waals surface area (Å²) in [5, 5.41) is 3.13. The molecule has 5 heteroatoms. The van der Waals surface area contributed by atoms with E-state index in [0.717, 1.165) is 17.8 Å². The summed E-state index contributed by atoms with van der Waals surface area (Å²) in [5.41, 5.74) is 4.76. The monoisotopic (exact) mass is 359 g/mol. The summed E-state index contributed by atoms with van der Waals surface area (Å²) in [6.07, 6.45) is 3.71. The maximum absolute atomic E-state index is 5.97. The number of thioether (sulfide) groups is 1. The second-order valence-corrected chi connectivity index (χ2v) is 8.56. The molecule has 0 radical (unpaired) electrons. The molecule has 0 fully saturated rings. The Balaban J connectivity index is 1.82. The Morgan fingerprint density at radius 1 is 1.21 bits per heavy atom. The van der Waals surface area contributed by atoms with Gasteiger partial charge >= 0.3 is 0 Å². The highest BCUT2D eigenvalue weighted by Gasteiger charge is 2.31. The van der Waals surface area contributed by atoms with Crippen LogP contribution in [0.15, 0.2) is 42.2 Å². The molecule has 1 unspecified atom stereocenters. The van der Waals surface area contributed by atoms with Crippen LogP contribution in [0.3, 0.4) is 0 Å². The highest BCUT2D eigenvalue weighted by molar-refractivity contribution is 8.02. The average Bonchev–Trinajstić information content (AvgIpc) is 2.98. The SMILES string of the molecule is Cc1cc(-c2cc(Cl)ncn2)ccc1CN1C=CSC1C(C)(C)C. The molecule has 24 heavy (non-hydrogen) atoms. The van der Waals surface area contributed by atoms with Crippen molar-refractivity contribution in [2.75, 3.05) is 0 Å². The zero-order valence-electron chi connectivity index (χ0n) is 14.5. The molecule has 0 amide bonds. The predicted molar refractivity (Wildman–Crippen MR) is 103 cm³/mol. The lowest BCUT2D eigenvalue weighted by atomic mass is 9.95. The van der Waals surface area contributed by atoms with Crippen LogP contribution in [-0.4, -0.2) is 20.2 Å². The lowest BCUT2D eigenvalue weighted by Crippen LogP contribution is -2.35. The topological polar surface area (TPSA) is 29.0 Å². The average molecular weight is 360 g/mol. The number of aryl methyl sites for hydroxylation is 1. The molecule has 0 N–H and O–H groups in total. The van der Waals surface area contributed by atoms with Crippen molar-refractivity contribution in [2.45, 2.75) is 39.6 Å². The molecule has 2 aromatic rings. The molecule has 0 saturated carbocycles. The zero-order chi connectivity index (χ0) is 17.3. The molecule has 1 aromatic carbocycles. The number of rotatable bonds is 3. The van der Waals surface area contributed by atoms with Gasteiger partial charge in [0.25, 0.3) is 0 Å². The molecule has 2 heterocycles. The summed E-state index contributed by atoms with van der Waals surface area (Å²) in [4.78, 5) is 10.7. The zero-order valence-corrected chi connectivity index (χ0v) is 16.0. The van der Waals surface area contributed by atoms with Crippen molar-refractivity contribution >= 4 is 23.4 Å². The van der Waals surface area contributed by atoms with Gasteiger partial charge in [-0.05, 0) is 34.9 Å². The second kappa shape index (κ2) is 6.77. The predicted octanol–water partition coefficient (Wildman–Crippen LogP) is 5.50. The molecule has 0 saturated heterocycles. The molecule has 1 aliphatic rings. The highest BCUT2D eigenvalue weighted by atomic mass is 35.5. The van der Waals surface area contributed by atoms with E-state index in [2.05, 4.69) is 72.4 Å². The Bertz CT molecular complexity index is 767. The Hall–Kier alpha value is -1.52. The minimum atomic E-state index is 0.236. The van der Waals surface area contributed by atoms with Gasteiger partial charge in [0.05, 0.1) is 11.1 Å². The van der Waals surface area contributed by atoms with E-state index in [1.807, 2.05) is 11.8 Å². The van der Waals surface area contributed by atoms with E-state index < -0.39 is 0 Å². The fourth-order valence-electron chi connectivity index (χ4n) is 2.90. The van der Waals surface area contributed by atoms with Crippen molar-refractivity contribution in [2.24, 2.45) is 5.41 Å². The molecule has 0 spiro atoms. The minimum absolute atomic E-state index is 0.236. The van der Waals surface area contributed by atoms with Gasteiger partial charge in [0.1, 0.15) is 11.5 Å². The Labute approximate surface area is 153 Å². The third kappa shape index (κ3) is 3.76. The van der Waals surface area contributed by atoms with Crippen LogP contribution in [0.4, 0.5) is 0 Å². The number of halogens is 1. The first-order valence-electron chi connectivity index (χ1n) is 8.00. The molecule has 0 aliphatic carbocycles. The number of hydrogen-bond donors (Lipinski definition) is 0. The molecule has 3 nitrogen and oxygen atoms in total. The summed E-state index contributed by atoms with van der Waals surface area (Å²) in [7, 11) is 0. The molecule has 3 rings (SSSR count). The van der Waals surface area contributed by atoms with Crippen LogP contribution in [-0.2, 0) is 6.54 Å². The fraction of sp³-hybridized carbons (Fsp3) is 0.368. The normalized spacial score (nSPS) is 17.5. The van der Waals surface area contributed by atoms with Gasteiger partial charge in [-0.3, -0.25) is 0 Å². The molecule has 126 valence electrons. The first-order valence-corrected chi connectivity index (χ1v) is 9.32. The number of benzene rings is 1. The van der Waals surface area contributed by atoms with Gasteiger partial charge in [-0.2, -0.15) is 0 Å². The standard InChI is InChI=1S/C19H22ClN3S/c1-13-9-14(16-10-17(20)22-12-21-16)5-6-15(13)11-23-7-8-24-18(23)19(2,3)4/h5-10,12,18H,11H2,1-4H3. The molecule has 1 aromatic heterocycles. The number of hydrogen-bond acceptors (Lipinski definition) is 4. The van der Waals surface area contributed by atoms with Gasteiger partial charge in [-0.1, -0.05) is 44.5 Å². The van der Waals surface area contributed by atoms with E-state index in [0.29, 0.717) is 10.5 Å². The van der Waals surface area contributed by atoms with Crippen LogP contribution in [0, 0.1) is 12.3 Å². The summed E-state index contributed by atoms with van der Waals surface area (Å²) >= 11 is 7.87. The van der Waals surface area contributed by atoms with E-state index in [1.165, 1.54) is 17.5 Å². The first-order chi connectivity index (χ1) is 11.3. The van der Waals surface area contributed by atoms with E-state index in [-0.39, 0.29) is 5.41 Å². The summed E-state index contributed by atoms with van der Waals surface area (Å²) < 4.78 is 0. The van der Waals surface area contributed by atoms with Gasteiger partial charge < -0.3 is 4.90 Å².